The Labute approximate surface area is 261 Å². The molecule has 0 rings (SSSR count). The van der Waals surface area contributed by atoms with Crippen LogP contribution in [0.2, 0.25) is 0 Å². The van der Waals surface area contributed by atoms with Gasteiger partial charge in [-0.1, -0.05) is 154 Å². The van der Waals surface area contributed by atoms with Crippen molar-refractivity contribution in [2.45, 2.75) is 199 Å². The van der Waals surface area contributed by atoms with Crippen LogP contribution in [-0.2, 0) is 4.79 Å². The third kappa shape index (κ3) is 28.9. The van der Waals surface area contributed by atoms with Gasteiger partial charge in [-0.15, -0.1) is 0 Å². The summed E-state index contributed by atoms with van der Waals surface area (Å²) in [6.45, 7) is 4.21. The molecule has 0 aromatic heterocycles. The van der Waals surface area contributed by atoms with Gasteiger partial charge in [-0.25, -0.2) is 0 Å². The first kappa shape index (κ1) is 40.8. The summed E-state index contributed by atoms with van der Waals surface area (Å²) in [5.74, 6) is -0.294. The number of aliphatic hydroxyl groups is 3. The molecule has 5 heteroatoms. The van der Waals surface area contributed by atoms with Crippen molar-refractivity contribution in [3.05, 3.63) is 24.3 Å². The van der Waals surface area contributed by atoms with Crippen LogP contribution in [0.15, 0.2) is 24.3 Å². The first-order chi connectivity index (χ1) is 20.5. The number of carbonyl (C=O) groups excluding carboxylic acids is 1. The van der Waals surface area contributed by atoms with E-state index in [2.05, 4.69) is 43.5 Å². The summed E-state index contributed by atoms with van der Waals surface area (Å²) in [6, 6.07) is -0.659. The highest BCUT2D eigenvalue weighted by atomic mass is 16.3. The maximum absolute atomic E-state index is 12.4. The molecule has 0 aromatic rings. The van der Waals surface area contributed by atoms with E-state index in [9.17, 15) is 20.1 Å². The zero-order valence-corrected chi connectivity index (χ0v) is 27.9. The molecule has 0 aliphatic heterocycles. The number of allylic oxidation sites excluding steroid dienone is 4. The third-order valence-corrected chi connectivity index (χ3v) is 8.27. The number of unbranched alkanes of at least 4 members (excludes halogenated alkanes) is 19. The van der Waals surface area contributed by atoms with Gasteiger partial charge in [0.1, 0.15) is 0 Å². The normalized spacial score (nSPS) is 14.1. The first-order valence-electron chi connectivity index (χ1n) is 18.1. The van der Waals surface area contributed by atoms with Crippen LogP contribution in [0.1, 0.15) is 181 Å². The molecule has 0 heterocycles. The van der Waals surface area contributed by atoms with E-state index in [1.807, 2.05) is 0 Å². The Hall–Kier alpha value is -1.17. The SMILES string of the molecule is CCCCC/C=C\C/C=C\CCCCCCCC(O)CC(=O)NC(CO)C(O)CCCCCCCCCCCCCC. The molecule has 0 saturated heterocycles. The van der Waals surface area contributed by atoms with Gasteiger partial charge in [0.15, 0.2) is 0 Å². The number of rotatable bonds is 32. The van der Waals surface area contributed by atoms with Gasteiger partial charge in [0.05, 0.1) is 31.3 Å². The Morgan fingerprint density at radius 1 is 0.595 bits per heavy atom. The van der Waals surface area contributed by atoms with E-state index in [-0.39, 0.29) is 18.9 Å². The van der Waals surface area contributed by atoms with Crippen LogP contribution < -0.4 is 5.32 Å². The van der Waals surface area contributed by atoms with Crippen LogP contribution in [0, 0.1) is 0 Å². The van der Waals surface area contributed by atoms with Crippen LogP contribution >= 0.6 is 0 Å². The maximum Gasteiger partial charge on any atom is 0.222 e. The molecule has 4 N–H and O–H groups in total. The average Bonchev–Trinajstić information content (AvgIpc) is 2.98. The molecule has 42 heavy (non-hydrogen) atoms. The monoisotopic (exact) mass is 594 g/mol. The molecular weight excluding hydrogens is 522 g/mol. The maximum atomic E-state index is 12.4. The highest BCUT2D eigenvalue weighted by molar-refractivity contribution is 5.76. The largest absolute Gasteiger partial charge is 0.394 e. The minimum atomic E-state index is -0.749. The minimum absolute atomic E-state index is 0.0274. The number of aliphatic hydroxyl groups excluding tert-OH is 3. The van der Waals surface area contributed by atoms with Gasteiger partial charge >= 0.3 is 0 Å². The number of hydrogen-bond donors (Lipinski definition) is 4. The van der Waals surface area contributed by atoms with Gasteiger partial charge in [-0.3, -0.25) is 4.79 Å². The van der Waals surface area contributed by atoms with E-state index in [1.54, 1.807) is 0 Å². The van der Waals surface area contributed by atoms with Crippen molar-refractivity contribution in [2.75, 3.05) is 6.61 Å². The second kappa shape index (κ2) is 32.7. The molecule has 0 spiro atoms. The predicted molar refractivity (Wildman–Crippen MR) is 181 cm³/mol. The summed E-state index contributed by atoms with van der Waals surface area (Å²) in [6.07, 6.45) is 36.9. The lowest BCUT2D eigenvalue weighted by Gasteiger charge is -2.23. The van der Waals surface area contributed by atoms with Crippen molar-refractivity contribution in [3.63, 3.8) is 0 Å². The third-order valence-electron chi connectivity index (χ3n) is 8.27. The van der Waals surface area contributed by atoms with E-state index < -0.39 is 18.2 Å². The lowest BCUT2D eigenvalue weighted by atomic mass is 10.0. The number of hydrogen-bond acceptors (Lipinski definition) is 4. The summed E-state index contributed by atoms with van der Waals surface area (Å²) >= 11 is 0. The Balaban J connectivity index is 3.72. The van der Waals surface area contributed by atoms with Gasteiger partial charge < -0.3 is 20.6 Å². The molecule has 0 fully saturated rings. The van der Waals surface area contributed by atoms with E-state index >= 15 is 0 Å². The Morgan fingerprint density at radius 2 is 1.02 bits per heavy atom. The topological polar surface area (TPSA) is 89.8 Å². The van der Waals surface area contributed by atoms with Crippen LogP contribution in [0.5, 0.6) is 0 Å². The highest BCUT2D eigenvalue weighted by Gasteiger charge is 2.21. The summed E-state index contributed by atoms with van der Waals surface area (Å²) in [5.41, 5.74) is 0. The van der Waals surface area contributed by atoms with E-state index in [0.29, 0.717) is 12.8 Å². The molecule has 3 atom stereocenters. The quantitative estimate of drug-likeness (QED) is 0.0462. The molecular formula is C37H71NO4. The summed E-state index contributed by atoms with van der Waals surface area (Å²) in [5, 5.41) is 33.1. The van der Waals surface area contributed by atoms with Crippen molar-refractivity contribution >= 4 is 5.91 Å². The van der Waals surface area contributed by atoms with Crippen molar-refractivity contribution in [1.82, 2.24) is 5.32 Å². The molecule has 5 nitrogen and oxygen atoms in total. The summed E-state index contributed by atoms with van der Waals surface area (Å²) in [7, 11) is 0. The molecule has 0 aromatic carbocycles. The highest BCUT2D eigenvalue weighted by Crippen LogP contribution is 2.15. The fourth-order valence-corrected chi connectivity index (χ4v) is 5.43. The Morgan fingerprint density at radius 3 is 1.55 bits per heavy atom. The number of amides is 1. The van der Waals surface area contributed by atoms with E-state index in [0.717, 1.165) is 44.9 Å². The number of carbonyl (C=O) groups is 1. The van der Waals surface area contributed by atoms with Crippen LogP contribution in [-0.4, -0.2) is 46.1 Å². The molecule has 0 aliphatic carbocycles. The van der Waals surface area contributed by atoms with Crippen molar-refractivity contribution in [1.29, 1.82) is 0 Å². The fourth-order valence-electron chi connectivity index (χ4n) is 5.43. The van der Waals surface area contributed by atoms with Gasteiger partial charge in [0, 0.05) is 0 Å². The molecule has 248 valence electrons. The predicted octanol–water partition coefficient (Wildman–Crippen LogP) is 9.48. The summed E-state index contributed by atoms with van der Waals surface area (Å²) in [4.78, 5) is 12.4. The smallest absolute Gasteiger partial charge is 0.222 e. The van der Waals surface area contributed by atoms with Gasteiger partial charge in [-0.05, 0) is 44.9 Å². The van der Waals surface area contributed by atoms with Gasteiger partial charge in [-0.2, -0.15) is 0 Å². The molecule has 0 saturated carbocycles. The second-order valence-corrected chi connectivity index (χ2v) is 12.5. The summed E-state index contributed by atoms with van der Waals surface area (Å²) < 4.78 is 0. The van der Waals surface area contributed by atoms with Crippen molar-refractivity contribution < 1.29 is 20.1 Å². The minimum Gasteiger partial charge on any atom is -0.394 e. The standard InChI is InChI=1S/C37H71NO4/c1-3-5-7-9-11-13-15-17-18-19-20-22-24-26-28-30-34(40)32-37(42)38-35(33-39)36(41)31-29-27-25-23-21-16-14-12-10-8-6-4-2/h11,13,17-18,34-36,39-41H,3-10,12,14-16,19-33H2,1-2H3,(H,38,42)/b13-11-,18-17-. The second-order valence-electron chi connectivity index (χ2n) is 12.5. The van der Waals surface area contributed by atoms with Crippen LogP contribution in [0.3, 0.4) is 0 Å². The lowest BCUT2D eigenvalue weighted by molar-refractivity contribution is -0.125. The fraction of sp³-hybridized carbons (Fsp3) is 0.865. The molecule has 0 aliphatic rings. The molecule has 1 amide bonds. The van der Waals surface area contributed by atoms with Crippen LogP contribution in [0.25, 0.3) is 0 Å². The Kier molecular flexibility index (Phi) is 31.8. The van der Waals surface area contributed by atoms with Gasteiger partial charge in [0.2, 0.25) is 5.91 Å². The lowest BCUT2D eigenvalue weighted by Crippen LogP contribution is -2.46. The van der Waals surface area contributed by atoms with Crippen molar-refractivity contribution in [2.24, 2.45) is 0 Å². The zero-order valence-electron chi connectivity index (χ0n) is 27.9. The van der Waals surface area contributed by atoms with E-state index in [1.165, 1.54) is 103 Å². The molecule has 0 radical (unpaired) electrons. The van der Waals surface area contributed by atoms with Crippen LogP contribution in [0.4, 0.5) is 0 Å². The molecule has 0 bridgehead atoms. The molecule has 3 unspecified atom stereocenters. The first-order valence-corrected chi connectivity index (χ1v) is 18.1. The van der Waals surface area contributed by atoms with E-state index in [4.69, 9.17) is 0 Å². The Bertz CT molecular complexity index is 621. The van der Waals surface area contributed by atoms with Crippen molar-refractivity contribution in [3.8, 4) is 0 Å². The zero-order chi connectivity index (χ0) is 30.9. The number of nitrogens with one attached hydrogen (secondary N) is 1. The van der Waals surface area contributed by atoms with Gasteiger partial charge in [0.25, 0.3) is 0 Å². The average molecular weight is 594 g/mol.